The Morgan fingerprint density at radius 1 is 1.19 bits per heavy atom. The second-order valence-corrected chi connectivity index (χ2v) is 7.83. The summed E-state index contributed by atoms with van der Waals surface area (Å²) in [5, 5.41) is 9.30. The summed E-state index contributed by atoms with van der Waals surface area (Å²) in [5.41, 5.74) is 0.848. The topological polar surface area (TPSA) is 78.0 Å². The summed E-state index contributed by atoms with van der Waals surface area (Å²) in [6, 6.07) is 4.87. The highest BCUT2D eigenvalue weighted by molar-refractivity contribution is 14.0. The Labute approximate surface area is 202 Å². The molecule has 0 spiro atoms. The maximum atomic E-state index is 13.6. The highest BCUT2D eigenvalue weighted by atomic mass is 127. The molecular formula is C22H37FIN5O2. The Kier molecular flexibility index (Phi) is 13.0. The molecule has 176 valence electrons. The van der Waals surface area contributed by atoms with Gasteiger partial charge in [-0.2, -0.15) is 0 Å². The van der Waals surface area contributed by atoms with Crippen molar-refractivity contribution in [3.05, 3.63) is 35.1 Å². The van der Waals surface area contributed by atoms with Crippen molar-refractivity contribution >= 4 is 35.8 Å². The number of ether oxygens (including phenoxy) is 1. The van der Waals surface area contributed by atoms with Crippen LogP contribution < -0.4 is 16.0 Å². The van der Waals surface area contributed by atoms with Gasteiger partial charge in [0, 0.05) is 44.3 Å². The summed E-state index contributed by atoms with van der Waals surface area (Å²) < 4.78 is 19.1. The first kappa shape index (κ1) is 27.6. The first-order valence-corrected chi connectivity index (χ1v) is 10.8. The van der Waals surface area contributed by atoms with E-state index >= 15 is 0 Å². The van der Waals surface area contributed by atoms with Crippen LogP contribution in [0.1, 0.15) is 36.7 Å². The number of hydrogen-bond acceptors (Lipinski definition) is 4. The Hall–Kier alpha value is -1.46. The fourth-order valence-electron chi connectivity index (χ4n) is 3.38. The van der Waals surface area contributed by atoms with E-state index in [2.05, 4.69) is 34.7 Å². The van der Waals surface area contributed by atoms with Crippen LogP contribution in [-0.4, -0.2) is 75.3 Å². The molecule has 1 heterocycles. The predicted octanol–water partition coefficient (Wildman–Crippen LogP) is 2.39. The van der Waals surface area contributed by atoms with Gasteiger partial charge >= 0.3 is 0 Å². The van der Waals surface area contributed by atoms with E-state index in [1.165, 1.54) is 6.07 Å². The van der Waals surface area contributed by atoms with E-state index in [9.17, 15) is 9.18 Å². The third-order valence-corrected chi connectivity index (χ3v) is 5.20. The van der Waals surface area contributed by atoms with Crippen molar-refractivity contribution in [2.24, 2.45) is 10.9 Å². The van der Waals surface area contributed by atoms with Crippen molar-refractivity contribution in [1.82, 2.24) is 20.9 Å². The van der Waals surface area contributed by atoms with Crippen LogP contribution >= 0.6 is 24.0 Å². The second kappa shape index (κ2) is 14.6. The Morgan fingerprint density at radius 2 is 1.87 bits per heavy atom. The molecule has 3 N–H and O–H groups in total. The Morgan fingerprint density at radius 3 is 2.48 bits per heavy atom. The van der Waals surface area contributed by atoms with E-state index in [0.717, 1.165) is 38.8 Å². The number of nitrogens with zero attached hydrogens (tertiary/aromatic N) is 2. The molecule has 31 heavy (non-hydrogen) atoms. The number of nitrogens with one attached hydrogen (secondary N) is 3. The smallest absolute Gasteiger partial charge is 0.251 e. The summed E-state index contributed by atoms with van der Waals surface area (Å²) in [6.45, 7) is 13.9. The van der Waals surface area contributed by atoms with Gasteiger partial charge in [-0.3, -0.25) is 14.7 Å². The van der Waals surface area contributed by atoms with Crippen LogP contribution in [0, 0.1) is 18.7 Å². The maximum absolute atomic E-state index is 13.6. The number of rotatable bonds is 9. The Bertz CT molecular complexity index is 711. The van der Waals surface area contributed by atoms with Crippen molar-refractivity contribution in [3.8, 4) is 0 Å². The van der Waals surface area contributed by atoms with Gasteiger partial charge in [0.1, 0.15) is 5.82 Å². The molecule has 1 amide bonds. The molecule has 0 radical (unpaired) electrons. The second-order valence-electron chi connectivity index (χ2n) is 7.83. The van der Waals surface area contributed by atoms with Gasteiger partial charge in [-0.15, -0.1) is 24.0 Å². The van der Waals surface area contributed by atoms with Crippen LogP contribution in [0.5, 0.6) is 0 Å². The monoisotopic (exact) mass is 549 g/mol. The Balaban J connectivity index is 0.00000480. The predicted molar refractivity (Wildman–Crippen MR) is 134 cm³/mol. The highest BCUT2D eigenvalue weighted by Gasteiger charge is 2.23. The number of hydrogen-bond donors (Lipinski definition) is 3. The van der Waals surface area contributed by atoms with Gasteiger partial charge in [0.2, 0.25) is 0 Å². The molecule has 1 aliphatic rings. The largest absolute Gasteiger partial charge is 0.379 e. The molecule has 0 saturated carbocycles. The van der Waals surface area contributed by atoms with Gasteiger partial charge in [0.15, 0.2) is 5.96 Å². The molecule has 1 unspecified atom stereocenters. The SMILES string of the molecule is CCNC(=NCC(C(C)C)N1CCOCC1)NCCNC(=O)c1ccc(C)c(F)c1.I. The molecule has 1 atom stereocenters. The molecule has 7 nitrogen and oxygen atoms in total. The first-order valence-electron chi connectivity index (χ1n) is 10.8. The summed E-state index contributed by atoms with van der Waals surface area (Å²) in [5.74, 6) is 0.558. The molecule has 0 aliphatic carbocycles. The average molecular weight is 549 g/mol. The average Bonchev–Trinajstić information content (AvgIpc) is 2.73. The fourth-order valence-corrected chi connectivity index (χ4v) is 3.38. The summed E-state index contributed by atoms with van der Waals surface area (Å²) in [4.78, 5) is 19.4. The molecule has 1 saturated heterocycles. The van der Waals surface area contributed by atoms with Crippen LogP contribution in [0.25, 0.3) is 0 Å². The fraction of sp³-hybridized carbons (Fsp3) is 0.636. The van der Waals surface area contributed by atoms with Crippen LogP contribution in [-0.2, 0) is 4.74 Å². The number of aryl methyl sites for hydroxylation is 1. The summed E-state index contributed by atoms with van der Waals surface area (Å²) >= 11 is 0. The number of guanidine groups is 1. The van der Waals surface area contributed by atoms with Crippen LogP contribution in [0.15, 0.2) is 23.2 Å². The lowest BCUT2D eigenvalue weighted by atomic mass is 10.0. The van der Waals surface area contributed by atoms with Crippen molar-refractivity contribution in [3.63, 3.8) is 0 Å². The van der Waals surface area contributed by atoms with Gasteiger partial charge < -0.3 is 20.7 Å². The number of carbonyl (C=O) groups excluding carboxylic acids is 1. The van der Waals surface area contributed by atoms with Crippen LogP contribution in [0.4, 0.5) is 4.39 Å². The van der Waals surface area contributed by atoms with E-state index in [1.807, 2.05) is 6.92 Å². The number of benzene rings is 1. The minimum Gasteiger partial charge on any atom is -0.379 e. The van der Waals surface area contributed by atoms with E-state index in [4.69, 9.17) is 9.73 Å². The van der Waals surface area contributed by atoms with Gasteiger partial charge in [-0.1, -0.05) is 19.9 Å². The highest BCUT2D eigenvalue weighted by Crippen LogP contribution is 2.13. The molecule has 9 heteroatoms. The van der Waals surface area contributed by atoms with Gasteiger partial charge in [0.25, 0.3) is 5.91 Å². The zero-order valence-corrected chi connectivity index (χ0v) is 21.4. The molecule has 1 aromatic carbocycles. The van der Waals surface area contributed by atoms with E-state index in [-0.39, 0.29) is 35.7 Å². The molecule has 1 aliphatic heterocycles. The van der Waals surface area contributed by atoms with Gasteiger partial charge in [-0.05, 0) is 37.5 Å². The number of amides is 1. The number of morpholine rings is 1. The van der Waals surface area contributed by atoms with Crippen LogP contribution in [0.3, 0.4) is 0 Å². The molecular weight excluding hydrogens is 512 g/mol. The van der Waals surface area contributed by atoms with E-state index < -0.39 is 0 Å². The zero-order valence-electron chi connectivity index (χ0n) is 19.0. The zero-order chi connectivity index (χ0) is 21.9. The lowest BCUT2D eigenvalue weighted by molar-refractivity contribution is 0.00867. The van der Waals surface area contributed by atoms with Crippen LogP contribution in [0.2, 0.25) is 0 Å². The summed E-state index contributed by atoms with van der Waals surface area (Å²) in [7, 11) is 0. The van der Waals surface area contributed by atoms with E-state index in [1.54, 1.807) is 19.1 Å². The summed E-state index contributed by atoms with van der Waals surface area (Å²) in [6.07, 6.45) is 0. The first-order chi connectivity index (χ1) is 14.4. The maximum Gasteiger partial charge on any atom is 0.251 e. The van der Waals surface area contributed by atoms with Crippen molar-refractivity contribution < 1.29 is 13.9 Å². The number of aliphatic imine (C=N–C) groups is 1. The van der Waals surface area contributed by atoms with Crippen molar-refractivity contribution in [2.75, 3.05) is 52.5 Å². The molecule has 0 bridgehead atoms. The van der Waals surface area contributed by atoms with Gasteiger partial charge in [0.05, 0.1) is 19.8 Å². The third-order valence-electron chi connectivity index (χ3n) is 5.20. The quantitative estimate of drug-likeness (QED) is 0.191. The molecule has 2 rings (SSSR count). The van der Waals surface area contributed by atoms with Gasteiger partial charge in [-0.25, -0.2) is 4.39 Å². The van der Waals surface area contributed by atoms with Crippen molar-refractivity contribution in [1.29, 1.82) is 0 Å². The lowest BCUT2D eigenvalue weighted by Crippen LogP contribution is -2.48. The standard InChI is InChI=1S/C22H36FN5O2.HI/c1-5-24-22(27-15-20(16(2)3)28-10-12-30-13-11-28)26-9-8-25-21(29)18-7-6-17(4)19(23)14-18;/h6-7,14,16,20H,5,8-13,15H2,1-4H3,(H,25,29)(H2,24,26,27);1H. The van der Waals surface area contributed by atoms with Crippen molar-refractivity contribution in [2.45, 2.75) is 33.7 Å². The third kappa shape index (κ3) is 9.28. The molecule has 1 fully saturated rings. The minimum atomic E-state index is -0.373. The number of halogens is 2. The normalized spacial score (nSPS) is 15.9. The lowest BCUT2D eigenvalue weighted by Gasteiger charge is -2.36. The molecule has 0 aromatic heterocycles. The van der Waals surface area contributed by atoms with E-state index in [0.29, 0.717) is 42.7 Å². The minimum absolute atomic E-state index is 0. The number of carbonyl (C=O) groups is 1. The molecule has 1 aromatic rings.